The number of carbonyl (C=O) groups is 1. The molecule has 0 aromatic heterocycles. The van der Waals surface area contributed by atoms with Gasteiger partial charge in [0.25, 0.3) is 5.91 Å². The molecule has 0 heterocycles. The first-order chi connectivity index (χ1) is 9.61. The van der Waals surface area contributed by atoms with Gasteiger partial charge in [-0.15, -0.1) is 0 Å². The van der Waals surface area contributed by atoms with Crippen LogP contribution in [0.15, 0.2) is 51.4 Å². The van der Waals surface area contributed by atoms with Gasteiger partial charge in [-0.2, -0.15) is 0 Å². The fourth-order valence-corrected chi connectivity index (χ4v) is 2.95. The zero-order chi connectivity index (χ0) is 14.5. The quantitative estimate of drug-likeness (QED) is 0.770. The largest absolute Gasteiger partial charge is 0.385 e. The van der Waals surface area contributed by atoms with Crippen LogP contribution in [0.1, 0.15) is 17.3 Å². The van der Waals surface area contributed by atoms with Crippen molar-refractivity contribution in [2.45, 2.75) is 6.92 Å². The van der Waals surface area contributed by atoms with E-state index in [4.69, 9.17) is 0 Å². The van der Waals surface area contributed by atoms with Gasteiger partial charge < -0.3 is 10.6 Å². The molecule has 2 aromatic carbocycles. The molecule has 1 amide bonds. The topological polar surface area (TPSA) is 41.1 Å². The summed E-state index contributed by atoms with van der Waals surface area (Å²) in [5, 5.41) is 6.09. The van der Waals surface area contributed by atoms with E-state index >= 15 is 0 Å². The van der Waals surface area contributed by atoms with E-state index < -0.39 is 0 Å². The summed E-state index contributed by atoms with van der Waals surface area (Å²) in [6, 6.07) is 13.1. The van der Waals surface area contributed by atoms with Crippen LogP contribution < -0.4 is 10.6 Å². The number of anilines is 2. The van der Waals surface area contributed by atoms with Crippen molar-refractivity contribution in [1.29, 1.82) is 0 Å². The second-order valence-corrected chi connectivity index (χ2v) is 5.92. The van der Waals surface area contributed by atoms with Gasteiger partial charge >= 0.3 is 0 Å². The van der Waals surface area contributed by atoms with Gasteiger partial charge in [0.1, 0.15) is 0 Å². The molecule has 0 aliphatic carbocycles. The van der Waals surface area contributed by atoms with Gasteiger partial charge in [0.15, 0.2) is 0 Å². The number of hydrogen-bond donors (Lipinski definition) is 2. The summed E-state index contributed by atoms with van der Waals surface area (Å²) in [6.45, 7) is 2.77. The van der Waals surface area contributed by atoms with Gasteiger partial charge in [0.05, 0.1) is 11.3 Å². The summed E-state index contributed by atoms with van der Waals surface area (Å²) < 4.78 is 1.79. The van der Waals surface area contributed by atoms with Gasteiger partial charge in [-0.05, 0) is 53.2 Å². The molecule has 2 aromatic rings. The molecule has 0 bridgehead atoms. The van der Waals surface area contributed by atoms with E-state index in [1.165, 1.54) is 0 Å². The smallest absolute Gasteiger partial charge is 0.257 e. The molecule has 104 valence electrons. The number of halogens is 2. The molecular weight excluding hydrogens is 384 g/mol. The zero-order valence-corrected chi connectivity index (χ0v) is 14.1. The number of rotatable bonds is 4. The maximum Gasteiger partial charge on any atom is 0.257 e. The summed E-state index contributed by atoms with van der Waals surface area (Å²) in [4.78, 5) is 12.4. The van der Waals surface area contributed by atoms with Crippen LogP contribution in [0.5, 0.6) is 0 Å². The van der Waals surface area contributed by atoms with Crippen LogP contribution in [0, 0.1) is 0 Å². The Labute approximate surface area is 135 Å². The molecule has 0 atom stereocenters. The first-order valence-electron chi connectivity index (χ1n) is 6.21. The highest BCUT2D eigenvalue weighted by molar-refractivity contribution is 9.11. The van der Waals surface area contributed by atoms with Crippen LogP contribution in [0.3, 0.4) is 0 Å². The minimum absolute atomic E-state index is 0.135. The predicted molar refractivity (Wildman–Crippen MR) is 90.4 cm³/mol. The molecule has 2 rings (SSSR count). The summed E-state index contributed by atoms with van der Waals surface area (Å²) >= 11 is 6.82. The SMILES string of the molecule is CCNc1ccccc1C(=O)Nc1ccc(Br)cc1Br. The number of para-hydroxylation sites is 1. The van der Waals surface area contributed by atoms with Crippen molar-refractivity contribution in [3.8, 4) is 0 Å². The molecule has 3 nitrogen and oxygen atoms in total. The standard InChI is InChI=1S/C15H14Br2N2O/c1-2-18-13-6-4-3-5-11(13)15(20)19-14-8-7-10(16)9-12(14)17/h3-9,18H,2H2,1H3,(H,19,20). The molecule has 0 spiro atoms. The summed E-state index contributed by atoms with van der Waals surface area (Å²) in [5.41, 5.74) is 2.20. The first-order valence-corrected chi connectivity index (χ1v) is 7.79. The number of nitrogens with one attached hydrogen (secondary N) is 2. The Hall–Kier alpha value is -1.33. The van der Waals surface area contributed by atoms with Crippen molar-refractivity contribution >= 4 is 49.1 Å². The molecule has 0 radical (unpaired) electrons. The van der Waals surface area contributed by atoms with Crippen molar-refractivity contribution in [3.05, 3.63) is 57.0 Å². The summed E-state index contributed by atoms with van der Waals surface area (Å²) in [7, 11) is 0. The monoisotopic (exact) mass is 396 g/mol. The Morgan fingerprint density at radius 3 is 2.55 bits per heavy atom. The summed E-state index contributed by atoms with van der Waals surface area (Å²) in [5.74, 6) is -0.135. The van der Waals surface area contributed by atoms with Crippen molar-refractivity contribution in [3.63, 3.8) is 0 Å². The van der Waals surface area contributed by atoms with Crippen LogP contribution >= 0.6 is 31.9 Å². The Morgan fingerprint density at radius 2 is 1.85 bits per heavy atom. The van der Waals surface area contributed by atoms with E-state index in [1.54, 1.807) is 6.07 Å². The van der Waals surface area contributed by atoms with E-state index in [2.05, 4.69) is 42.5 Å². The zero-order valence-electron chi connectivity index (χ0n) is 10.9. The van der Waals surface area contributed by atoms with Crippen LogP contribution in [0.4, 0.5) is 11.4 Å². The highest BCUT2D eigenvalue weighted by Crippen LogP contribution is 2.27. The van der Waals surface area contributed by atoms with E-state index in [1.807, 2.05) is 43.3 Å². The lowest BCUT2D eigenvalue weighted by Gasteiger charge is -2.12. The summed E-state index contributed by atoms with van der Waals surface area (Å²) in [6.07, 6.45) is 0. The van der Waals surface area contributed by atoms with Crippen LogP contribution in [0.25, 0.3) is 0 Å². The maximum absolute atomic E-state index is 12.4. The maximum atomic E-state index is 12.4. The molecule has 0 saturated heterocycles. The minimum Gasteiger partial charge on any atom is -0.385 e. The van der Waals surface area contributed by atoms with Gasteiger partial charge in [0.2, 0.25) is 0 Å². The van der Waals surface area contributed by atoms with Gasteiger partial charge in [-0.25, -0.2) is 0 Å². The number of hydrogen-bond acceptors (Lipinski definition) is 2. The molecule has 0 aliphatic heterocycles. The Kier molecular flexibility index (Phi) is 5.20. The molecular formula is C15H14Br2N2O. The Morgan fingerprint density at radius 1 is 1.10 bits per heavy atom. The third-order valence-corrected chi connectivity index (χ3v) is 3.87. The van der Waals surface area contributed by atoms with Crippen LogP contribution in [-0.2, 0) is 0 Å². The van der Waals surface area contributed by atoms with Crippen molar-refractivity contribution in [2.75, 3.05) is 17.2 Å². The van der Waals surface area contributed by atoms with Gasteiger partial charge in [0, 0.05) is 21.2 Å². The van der Waals surface area contributed by atoms with Gasteiger partial charge in [-0.1, -0.05) is 28.1 Å². The third kappa shape index (κ3) is 3.61. The van der Waals surface area contributed by atoms with E-state index in [0.29, 0.717) is 5.56 Å². The average Bonchev–Trinajstić information content (AvgIpc) is 2.43. The Balaban J connectivity index is 2.24. The van der Waals surface area contributed by atoms with E-state index in [-0.39, 0.29) is 5.91 Å². The average molecular weight is 398 g/mol. The molecule has 0 aliphatic rings. The Bertz CT molecular complexity index is 629. The van der Waals surface area contributed by atoms with Gasteiger partial charge in [-0.3, -0.25) is 4.79 Å². The second-order valence-electron chi connectivity index (χ2n) is 4.15. The fourth-order valence-electron chi connectivity index (χ4n) is 1.81. The molecule has 20 heavy (non-hydrogen) atoms. The number of benzene rings is 2. The number of carbonyl (C=O) groups excluding carboxylic acids is 1. The predicted octanol–water partition coefficient (Wildman–Crippen LogP) is 4.90. The van der Waals surface area contributed by atoms with Crippen molar-refractivity contribution in [2.24, 2.45) is 0 Å². The molecule has 0 saturated carbocycles. The fraction of sp³-hybridized carbons (Fsp3) is 0.133. The highest BCUT2D eigenvalue weighted by Gasteiger charge is 2.12. The molecule has 2 N–H and O–H groups in total. The van der Waals surface area contributed by atoms with Crippen molar-refractivity contribution < 1.29 is 4.79 Å². The first kappa shape index (κ1) is 15.1. The minimum atomic E-state index is -0.135. The molecule has 0 unspecified atom stereocenters. The lowest BCUT2D eigenvalue weighted by molar-refractivity contribution is 0.102. The lowest BCUT2D eigenvalue weighted by Crippen LogP contribution is -2.15. The van der Waals surface area contributed by atoms with Crippen LogP contribution in [-0.4, -0.2) is 12.5 Å². The third-order valence-electron chi connectivity index (χ3n) is 2.72. The lowest BCUT2D eigenvalue weighted by atomic mass is 10.1. The molecule has 5 heteroatoms. The van der Waals surface area contributed by atoms with Crippen molar-refractivity contribution in [1.82, 2.24) is 0 Å². The van der Waals surface area contributed by atoms with E-state index in [9.17, 15) is 4.79 Å². The van der Waals surface area contributed by atoms with Crippen LogP contribution in [0.2, 0.25) is 0 Å². The molecule has 0 fully saturated rings. The normalized spacial score (nSPS) is 10.2. The van der Waals surface area contributed by atoms with E-state index in [0.717, 1.165) is 26.9 Å². The second kappa shape index (κ2) is 6.90. The highest BCUT2D eigenvalue weighted by atomic mass is 79.9. The number of amides is 1.